The van der Waals surface area contributed by atoms with Crippen molar-refractivity contribution in [3.63, 3.8) is 0 Å². The molecule has 0 saturated carbocycles. The highest BCUT2D eigenvalue weighted by Gasteiger charge is 2.26. The average molecular weight is 318 g/mol. The maximum Gasteiger partial charge on any atom is 0.410 e. The van der Waals surface area contributed by atoms with Gasteiger partial charge in [0, 0.05) is 11.4 Å². The van der Waals surface area contributed by atoms with Crippen LogP contribution in [0.1, 0.15) is 31.2 Å². The molecule has 2 rings (SSSR count). The molecule has 1 aromatic rings. The zero-order valence-electron chi connectivity index (χ0n) is 10.2. The van der Waals surface area contributed by atoms with Gasteiger partial charge >= 0.3 is 6.09 Å². The van der Waals surface area contributed by atoms with Crippen LogP contribution in [0, 0.1) is 0 Å². The Labute approximate surface area is 114 Å². The Hall–Kier alpha value is -0.550. The van der Waals surface area contributed by atoms with Crippen LogP contribution in [0.15, 0.2) is 9.85 Å². The number of amides is 1. The van der Waals surface area contributed by atoms with Crippen LogP contribution in [0.25, 0.3) is 0 Å². The first-order valence-corrected chi connectivity index (χ1v) is 7.21. The molecule has 0 atom stereocenters. The first kappa shape index (κ1) is 12.9. The number of hydrogen-bond donors (Lipinski definition) is 0. The van der Waals surface area contributed by atoms with Gasteiger partial charge in [0.05, 0.1) is 10.3 Å². The van der Waals surface area contributed by atoms with E-state index in [1.54, 1.807) is 16.2 Å². The van der Waals surface area contributed by atoms with Crippen molar-refractivity contribution in [2.45, 2.75) is 39.3 Å². The highest BCUT2D eigenvalue weighted by atomic mass is 79.9. The van der Waals surface area contributed by atoms with Crippen molar-refractivity contribution in [3.8, 4) is 0 Å². The van der Waals surface area contributed by atoms with Crippen LogP contribution in [0.4, 0.5) is 4.79 Å². The van der Waals surface area contributed by atoms with Crippen LogP contribution >= 0.6 is 27.3 Å². The van der Waals surface area contributed by atoms with E-state index < -0.39 is 5.60 Å². The number of carbonyl (C=O) groups excluding carboxylic acids is 1. The zero-order chi connectivity index (χ0) is 12.6. The summed E-state index contributed by atoms with van der Waals surface area (Å²) in [7, 11) is 0. The smallest absolute Gasteiger partial charge is 0.410 e. The molecule has 0 unspecified atom stereocenters. The summed E-state index contributed by atoms with van der Waals surface area (Å²) in [6.07, 6.45) is 0.698. The van der Waals surface area contributed by atoms with Crippen LogP contribution in [-0.2, 0) is 17.7 Å². The largest absolute Gasteiger partial charge is 0.444 e. The number of halogens is 1. The molecule has 0 fully saturated rings. The Morgan fingerprint density at radius 1 is 1.53 bits per heavy atom. The lowest BCUT2D eigenvalue weighted by Crippen LogP contribution is -2.39. The van der Waals surface area contributed by atoms with Crippen LogP contribution in [0.3, 0.4) is 0 Å². The molecule has 17 heavy (non-hydrogen) atoms. The van der Waals surface area contributed by atoms with Crippen LogP contribution in [0.2, 0.25) is 0 Å². The van der Waals surface area contributed by atoms with Gasteiger partial charge in [0.2, 0.25) is 0 Å². The predicted octanol–water partition coefficient (Wildman–Crippen LogP) is 3.80. The maximum atomic E-state index is 11.9. The number of ether oxygens (including phenoxy) is 1. The van der Waals surface area contributed by atoms with Crippen molar-refractivity contribution in [1.29, 1.82) is 0 Å². The Balaban J connectivity index is 2.05. The molecule has 3 nitrogen and oxygen atoms in total. The molecule has 0 saturated heterocycles. The average Bonchev–Trinajstić information content (AvgIpc) is 2.53. The lowest BCUT2D eigenvalue weighted by atomic mass is 10.1. The lowest BCUT2D eigenvalue weighted by molar-refractivity contribution is 0.0226. The topological polar surface area (TPSA) is 29.5 Å². The molecule has 1 amide bonds. The van der Waals surface area contributed by atoms with E-state index in [2.05, 4.69) is 22.0 Å². The summed E-state index contributed by atoms with van der Waals surface area (Å²) in [5.41, 5.74) is 0.926. The second-order valence-corrected chi connectivity index (χ2v) is 7.67. The first-order chi connectivity index (χ1) is 7.85. The summed E-state index contributed by atoms with van der Waals surface area (Å²) in [6.45, 7) is 7.08. The van der Waals surface area contributed by atoms with Gasteiger partial charge in [0.25, 0.3) is 0 Å². The summed E-state index contributed by atoms with van der Waals surface area (Å²) in [6, 6.07) is 2.15. The monoisotopic (exact) mass is 317 g/mol. The Kier molecular flexibility index (Phi) is 3.50. The molecule has 5 heteroatoms. The summed E-state index contributed by atoms with van der Waals surface area (Å²) >= 11 is 5.18. The minimum Gasteiger partial charge on any atom is -0.444 e. The van der Waals surface area contributed by atoms with E-state index in [1.807, 2.05) is 20.8 Å². The SMILES string of the molecule is CC(C)(C)OC(=O)N1CCc2cc(Br)sc2C1. The van der Waals surface area contributed by atoms with E-state index in [4.69, 9.17) is 4.74 Å². The Morgan fingerprint density at radius 3 is 2.88 bits per heavy atom. The summed E-state index contributed by atoms with van der Waals surface area (Å²) in [5, 5.41) is 0. The molecule has 0 aliphatic carbocycles. The van der Waals surface area contributed by atoms with Crippen molar-refractivity contribution in [2.75, 3.05) is 6.54 Å². The third-order valence-electron chi connectivity index (χ3n) is 2.50. The number of thiophene rings is 1. The zero-order valence-corrected chi connectivity index (χ0v) is 12.7. The molecule has 0 radical (unpaired) electrons. The fourth-order valence-electron chi connectivity index (χ4n) is 1.77. The van der Waals surface area contributed by atoms with E-state index in [9.17, 15) is 4.79 Å². The van der Waals surface area contributed by atoms with Crippen LogP contribution in [-0.4, -0.2) is 23.1 Å². The van der Waals surface area contributed by atoms with E-state index >= 15 is 0 Å². The van der Waals surface area contributed by atoms with Gasteiger partial charge in [-0.3, -0.25) is 0 Å². The summed E-state index contributed by atoms with van der Waals surface area (Å²) < 4.78 is 6.51. The highest BCUT2D eigenvalue weighted by molar-refractivity contribution is 9.11. The Morgan fingerprint density at radius 2 is 2.24 bits per heavy atom. The molecule has 0 bridgehead atoms. The van der Waals surface area contributed by atoms with E-state index in [-0.39, 0.29) is 6.09 Å². The fourth-order valence-corrected chi connectivity index (χ4v) is 3.58. The molecule has 1 aliphatic rings. The normalized spacial score (nSPS) is 15.6. The summed E-state index contributed by atoms with van der Waals surface area (Å²) in [5.74, 6) is 0. The number of nitrogens with zero attached hydrogens (tertiary/aromatic N) is 1. The Bertz CT molecular complexity index is 436. The summed E-state index contributed by atoms with van der Waals surface area (Å²) in [4.78, 5) is 15.0. The predicted molar refractivity (Wildman–Crippen MR) is 72.4 cm³/mol. The van der Waals surface area contributed by atoms with Gasteiger partial charge < -0.3 is 9.64 Å². The van der Waals surface area contributed by atoms with Crippen molar-refractivity contribution >= 4 is 33.4 Å². The van der Waals surface area contributed by atoms with Gasteiger partial charge in [-0.2, -0.15) is 0 Å². The van der Waals surface area contributed by atoms with Gasteiger partial charge in [0.15, 0.2) is 0 Å². The second kappa shape index (κ2) is 4.61. The molecule has 0 spiro atoms. The maximum absolute atomic E-state index is 11.9. The van der Waals surface area contributed by atoms with E-state index in [1.165, 1.54) is 10.4 Å². The second-order valence-electron chi connectivity index (χ2n) is 5.15. The minimum absolute atomic E-state index is 0.215. The third kappa shape index (κ3) is 3.22. The van der Waals surface area contributed by atoms with E-state index in [0.717, 1.165) is 16.8 Å². The molecular formula is C12H16BrNO2S. The van der Waals surface area contributed by atoms with Gasteiger partial charge in [-0.05, 0) is 54.8 Å². The quantitative estimate of drug-likeness (QED) is 0.728. The minimum atomic E-state index is -0.423. The van der Waals surface area contributed by atoms with E-state index in [0.29, 0.717) is 6.54 Å². The number of rotatable bonds is 0. The highest BCUT2D eigenvalue weighted by Crippen LogP contribution is 2.31. The van der Waals surface area contributed by atoms with Crippen molar-refractivity contribution in [3.05, 3.63) is 20.3 Å². The van der Waals surface area contributed by atoms with Gasteiger partial charge in [0.1, 0.15) is 5.60 Å². The number of carbonyl (C=O) groups is 1. The standard InChI is InChI=1S/C12H16BrNO2S/c1-12(2,3)16-11(15)14-5-4-8-6-10(13)17-9(8)7-14/h6H,4-5,7H2,1-3H3. The lowest BCUT2D eigenvalue weighted by Gasteiger charge is -2.29. The van der Waals surface area contributed by atoms with Crippen molar-refractivity contribution in [2.24, 2.45) is 0 Å². The molecule has 0 N–H and O–H groups in total. The van der Waals surface area contributed by atoms with Gasteiger partial charge in [-0.15, -0.1) is 11.3 Å². The molecular weight excluding hydrogens is 302 g/mol. The molecule has 2 heterocycles. The molecule has 1 aliphatic heterocycles. The van der Waals surface area contributed by atoms with Crippen molar-refractivity contribution < 1.29 is 9.53 Å². The number of fused-ring (bicyclic) bond motifs is 1. The molecule has 94 valence electrons. The molecule has 0 aromatic carbocycles. The van der Waals surface area contributed by atoms with Crippen LogP contribution < -0.4 is 0 Å². The van der Waals surface area contributed by atoms with Gasteiger partial charge in [-0.1, -0.05) is 0 Å². The first-order valence-electron chi connectivity index (χ1n) is 5.60. The van der Waals surface area contributed by atoms with Gasteiger partial charge in [-0.25, -0.2) is 4.79 Å². The third-order valence-corrected chi connectivity index (χ3v) is 4.17. The van der Waals surface area contributed by atoms with Crippen LogP contribution in [0.5, 0.6) is 0 Å². The molecule has 1 aromatic heterocycles. The number of hydrogen-bond acceptors (Lipinski definition) is 3. The van der Waals surface area contributed by atoms with Crippen molar-refractivity contribution in [1.82, 2.24) is 4.90 Å². The fraction of sp³-hybridized carbons (Fsp3) is 0.583.